The van der Waals surface area contributed by atoms with E-state index in [1.54, 1.807) is 0 Å². The van der Waals surface area contributed by atoms with Crippen LogP contribution in [0.3, 0.4) is 0 Å². The average molecular weight is 136 g/mol. The van der Waals surface area contributed by atoms with Gasteiger partial charge in [-0.1, -0.05) is 6.42 Å². The monoisotopic (exact) mass is 136 g/mol. The normalized spacial score (nSPS) is 56.6. The molecule has 54 valence electrons. The van der Waals surface area contributed by atoms with Crippen molar-refractivity contribution in [1.29, 1.82) is 0 Å². The van der Waals surface area contributed by atoms with Crippen molar-refractivity contribution >= 4 is 5.78 Å². The zero-order valence-corrected chi connectivity index (χ0v) is 6.15. The van der Waals surface area contributed by atoms with Crippen molar-refractivity contribution in [3.05, 3.63) is 0 Å². The van der Waals surface area contributed by atoms with E-state index in [9.17, 15) is 4.79 Å². The summed E-state index contributed by atoms with van der Waals surface area (Å²) in [6.07, 6.45) is 7.31. The van der Waals surface area contributed by atoms with E-state index in [1.807, 2.05) is 0 Å². The molecule has 2 unspecified atom stereocenters. The van der Waals surface area contributed by atoms with Crippen LogP contribution in [-0.2, 0) is 4.79 Å². The third-order valence-corrected chi connectivity index (χ3v) is 4.15. The maximum atomic E-state index is 11.4. The molecule has 0 spiro atoms. The summed E-state index contributed by atoms with van der Waals surface area (Å²) in [5.41, 5.74) is 0.844. The highest BCUT2D eigenvalue weighted by atomic mass is 16.1. The van der Waals surface area contributed by atoms with E-state index >= 15 is 0 Å². The van der Waals surface area contributed by atoms with Gasteiger partial charge in [0.1, 0.15) is 5.78 Å². The topological polar surface area (TPSA) is 17.1 Å². The van der Waals surface area contributed by atoms with Crippen LogP contribution in [0.5, 0.6) is 0 Å². The number of carbonyl (C=O) groups is 1. The number of Topliss-reactive ketones (excluding diaryl/α,β-unsaturated/α-hetero) is 1. The first kappa shape index (κ1) is 5.34. The zero-order valence-electron chi connectivity index (χ0n) is 6.15. The summed E-state index contributed by atoms with van der Waals surface area (Å²) in [5, 5.41) is 0. The van der Waals surface area contributed by atoms with E-state index in [4.69, 9.17) is 0 Å². The van der Waals surface area contributed by atoms with Crippen LogP contribution >= 0.6 is 0 Å². The Morgan fingerprint density at radius 1 is 1.20 bits per heavy atom. The largest absolute Gasteiger partial charge is 0.299 e. The average Bonchev–Trinajstić information content (AvgIpc) is 2.36. The molecule has 2 atom stereocenters. The fraction of sp³-hybridized carbons (Fsp3) is 0.889. The Morgan fingerprint density at radius 2 is 2.10 bits per heavy atom. The van der Waals surface area contributed by atoms with E-state index in [1.165, 1.54) is 32.1 Å². The number of ketones is 1. The lowest BCUT2D eigenvalue weighted by Crippen LogP contribution is -2.09. The van der Waals surface area contributed by atoms with Crippen LogP contribution < -0.4 is 0 Å². The predicted molar refractivity (Wildman–Crippen MR) is 37.6 cm³/mol. The fourth-order valence-electron chi connectivity index (χ4n) is 3.52. The molecule has 0 aliphatic heterocycles. The molecule has 0 heterocycles. The molecule has 3 aliphatic rings. The summed E-state index contributed by atoms with van der Waals surface area (Å²) in [6.45, 7) is 0. The highest BCUT2D eigenvalue weighted by Gasteiger charge is 2.75. The molecule has 0 aromatic carbocycles. The van der Waals surface area contributed by atoms with Crippen LogP contribution in [0, 0.1) is 10.8 Å². The van der Waals surface area contributed by atoms with E-state index in [0.717, 1.165) is 6.42 Å². The molecular weight excluding hydrogens is 124 g/mol. The van der Waals surface area contributed by atoms with E-state index in [0.29, 0.717) is 11.2 Å². The molecule has 0 saturated heterocycles. The summed E-state index contributed by atoms with van der Waals surface area (Å²) in [5.74, 6) is 0.602. The summed E-state index contributed by atoms with van der Waals surface area (Å²) in [4.78, 5) is 11.4. The van der Waals surface area contributed by atoms with Gasteiger partial charge in [0.2, 0.25) is 0 Å². The first-order valence-corrected chi connectivity index (χ1v) is 4.33. The molecule has 3 rings (SSSR count). The van der Waals surface area contributed by atoms with Crippen molar-refractivity contribution in [2.75, 3.05) is 0 Å². The Hall–Kier alpha value is -0.330. The van der Waals surface area contributed by atoms with Gasteiger partial charge in [0.15, 0.2) is 0 Å². The fourth-order valence-corrected chi connectivity index (χ4v) is 3.52. The second-order valence-electron chi connectivity index (χ2n) is 4.32. The second kappa shape index (κ2) is 1.19. The lowest BCUT2D eigenvalue weighted by Gasteiger charge is -2.04. The molecule has 3 fully saturated rings. The molecule has 1 nitrogen and oxygen atoms in total. The minimum Gasteiger partial charge on any atom is -0.299 e. The first-order valence-electron chi connectivity index (χ1n) is 4.33. The van der Waals surface area contributed by atoms with Gasteiger partial charge in [0, 0.05) is 11.8 Å². The molecule has 0 aromatic heterocycles. The van der Waals surface area contributed by atoms with Crippen molar-refractivity contribution in [2.45, 2.75) is 38.5 Å². The van der Waals surface area contributed by atoms with E-state index in [-0.39, 0.29) is 5.41 Å². The number of rotatable bonds is 0. The molecular formula is C9H12O. The van der Waals surface area contributed by atoms with Crippen LogP contribution in [-0.4, -0.2) is 5.78 Å². The van der Waals surface area contributed by atoms with Crippen LogP contribution in [0.1, 0.15) is 38.5 Å². The van der Waals surface area contributed by atoms with Crippen LogP contribution in [0.2, 0.25) is 0 Å². The van der Waals surface area contributed by atoms with Gasteiger partial charge in [-0.05, 0) is 31.1 Å². The van der Waals surface area contributed by atoms with Gasteiger partial charge in [-0.2, -0.15) is 0 Å². The molecule has 0 amide bonds. The van der Waals surface area contributed by atoms with Crippen molar-refractivity contribution in [3.8, 4) is 0 Å². The number of carbonyl (C=O) groups excluding carboxylic acids is 1. The molecule has 0 bridgehead atoms. The Labute approximate surface area is 60.8 Å². The second-order valence-corrected chi connectivity index (χ2v) is 4.32. The van der Waals surface area contributed by atoms with Gasteiger partial charge < -0.3 is 0 Å². The number of hydrogen-bond acceptors (Lipinski definition) is 1. The molecule has 10 heavy (non-hydrogen) atoms. The Kier molecular flexibility index (Phi) is 0.637. The van der Waals surface area contributed by atoms with E-state index in [2.05, 4.69) is 0 Å². The standard InChI is InChI=1S/C9H12O/c10-7-2-5-8-3-1-4-9(7,8)6-8/h1-6H2. The van der Waals surface area contributed by atoms with Gasteiger partial charge in [-0.25, -0.2) is 0 Å². The van der Waals surface area contributed by atoms with Gasteiger partial charge in [-0.15, -0.1) is 0 Å². The first-order chi connectivity index (χ1) is 4.79. The Bertz CT molecular complexity index is 213. The van der Waals surface area contributed by atoms with Gasteiger partial charge in [-0.3, -0.25) is 4.79 Å². The number of hydrogen-bond donors (Lipinski definition) is 0. The molecule has 0 aromatic rings. The molecule has 3 aliphatic carbocycles. The smallest absolute Gasteiger partial charge is 0.139 e. The highest BCUT2D eigenvalue weighted by Crippen LogP contribution is 2.79. The maximum absolute atomic E-state index is 11.4. The van der Waals surface area contributed by atoms with Crippen molar-refractivity contribution in [2.24, 2.45) is 10.8 Å². The zero-order chi connectivity index (χ0) is 6.82. The third kappa shape index (κ3) is 0.320. The molecule has 0 N–H and O–H groups in total. The van der Waals surface area contributed by atoms with Crippen LogP contribution in [0.25, 0.3) is 0 Å². The Balaban J connectivity index is 2.11. The summed E-state index contributed by atoms with van der Waals surface area (Å²) in [7, 11) is 0. The SMILES string of the molecule is O=C1CCC23CCCC12C3. The molecule has 3 saturated carbocycles. The minimum absolute atomic E-state index is 0.271. The van der Waals surface area contributed by atoms with Gasteiger partial charge in [0.05, 0.1) is 0 Å². The van der Waals surface area contributed by atoms with Crippen LogP contribution in [0.4, 0.5) is 0 Å². The summed E-state index contributed by atoms with van der Waals surface area (Å²) >= 11 is 0. The minimum atomic E-state index is 0.271. The van der Waals surface area contributed by atoms with Gasteiger partial charge >= 0.3 is 0 Å². The van der Waals surface area contributed by atoms with Crippen LogP contribution in [0.15, 0.2) is 0 Å². The van der Waals surface area contributed by atoms with Crippen molar-refractivity contribution in [1.82, 2.24) is 0 Å². The quantitative estimate of drug-likeness (QED) is 0.497. The summed E-state index contributed by atoms with van der Waals surface area (Å²) < 4.78 is 0. The lowest BCUT2D eigenvalue weighted by atomic mass is 10.00. The predicted octanol–water partition coefficient (Wildman–Crippen LogP) is 1.91. The van der Waals surface area contributed by atoms with Crippen molar-refractivity contribution in [3.63, 3.8) is 0 Å². The third-order valence-electron chi connectivity index (χ3n) is 4.15. The lowest BCUT2D eigenvalue weighted by molar-refractivity contribution is -0.122. The molecule has 0 radical (unpaired) electrons. The van der Waals surface area contributed by atoms with E-state index < -0.39 is 0 Å². The molecule has 1 heteroatoms. The summed E-state index contributed by atoms with van der Waals surface area (Å²) in [6, 6.07) is 0. The maximum Gasteiger partial charge on any atom is 0.139 e. The van der Waals surface area contributed by atoms with Gasteiger partial charge in [0.25, 0.3) is 0 Å². The van der Waals surface area contributed by atoms with Crippen molar-refractivity contribution < 1.29 is 4.79 Å². The highest BCUT2D eigenvalue weighted by molar-refractivity contribution is 5.92. The Morgan fingerprint density at radius 3 is 2.80 bits per heavy atom.